The Morgan fingerprint density at radius 3 is 2.44 bits per heavy atom. The van der Waals surface area contributed by atoms with Crippen LogP contribution in [-0.4, -0.2) is 19.0 Å². The minimum absolute atomic E-state index is 0.0224. The number of rotatable bonds is 2. The Morgan fingerprint density at radius 2 is 1.94 bits per heavy atom. The Kier molecular flexibility index (Phi) is 4.42. The fourth-order valence-electron chi connectivity index (χ4n) is 1.53. The van der Waals surface area contributed by atoms with Crippen LogP contribution in [0.4, 0.5) is 14.9 Å². The van der Waals surface area contributed by atoms with E-state index in [2.05, 4.69) is 5.32 Å². The van der Waals surface area contributed by atoms with Crippen molar-refractivity contribution in [3.05, 3.63) is 29.6 Å². The molecule has 5 heteroatoms. The highest BCUT2D eigenvalue weighted by Gasteiger charge is 2.15. The maximum absolute atomic E-state index is 13.5. The Labute approximate surface area is 106 Å². The second-order valence-corrected chi connectivity index (χ2v) is 4.41. The molecule has 18 heavy (non-hydrogen) atoms. The smallest absolute Gasteiger partial charge is 0.297 e. The first-order valence-corrected chi connectivity index (χ1v) is 5.67. The molecule has 0 heterocycles. The quantitative estimate of drug-likeness (QED) is 0.879. The van der Waals surface area contributed by atoms with E-state index in [1.807, 2.05) is 13.8 Å². The topological polar surface area (TPSA) is 49.4 Å². The zero-order valence-electron chi connectivity index (χ0n) is 11.0. The third-order valence-electron chi connectivity index (χ3n) is 2.58. The summed E-state index contributed by atoms with van der Waals surface area (Å²) in [5.74, 6) is -0.707. The number of halogens is 1. The van der Waals surface area contributed by atoms with Crippen LogP contribution in [-0.2, 0) is 4.79 Å². The number of nitrogens with one attached hydrogen (secondary N) is 1. The number of carbonyl (C=O) groups excluding carboxylic acids is 2. The van der Waals surface area contributed by atoms with Crippen LogP contribution in [0.15, 0.2) is 18.2 Å². The predicted molar refractivity (Wildman–Crippen MR) is 68.1 cm³/mol. The van der Waals surface area contributed by atoms with Crippen LogP contribution in [0.1, 0.15) is 32.3 Å². The van der Waals surface area contributed by atoms with E-state index in [0.29, 0.717) is 11.3 Å². The minimum atomic E-state index is -0.538. The molecule has 3 amide bonds. The molecule has 0 aromatic heterocycles. The summed E-state index contributed by atoms with van der Waals surface area (Å²) in [5, 5.41) is 2.16. The number of carbonyl (C=O) groups is 2. The number of benzene rings is 1. The third-order valence-corrected chi connectivity index (χ3v) is 2.58. The molecule has 0 aliphatic rings. The summed E-state index contributed by atoms with van der Waals surface area (Å²) in [6.45, 7) is 5.01. The first-order chi connectivity index (χ1) is 8.32. The molecule has 0 aliphatic carbocycles. The van der Waals surface area contributed by atoms with Gasteiger partial charge >= 0.3 is 6.03 Å². The predicted octanol–water partition coefficient (Wildman–Crippen LogP) is 2.64. The highest BCUT2D eigenvalue weighted by molar-refractivity contribution is 6.01. The van der Waals surface area contributed by atoms with Crippen LogP contribution in [0.25, 0.3) is 0 Å². The number of nitrogens with zero attached hydrogens (tertiary/aromatic N) is 1. The standard InChI is InChI=1S/C13H17FN2O2/c1-8(2)11-7-10(5-6-12(11)14)16(4)13(18)15-9(3)17/h5-8H,1-4H3,(H,15,17,18). The second-order valence-electron chi connectivity index (χ2n) is 4.41. The molecule has 1 N–H and O–H groups in total. The average molecular weight is 252 g/mol. The molecule has 0 saturated heterocycles. The second kappa shape index (κ2) is 5.62. The van der Waals surface area contributed by atoms with E-state index < -0.39 is 11.9 Å². The van der Waals surface area contributed by atoms with Gasteiger partial charge < -0.3 is 0 Å². The van der Waals surface area contributed by atoms with E-state index in [9.17, 15) is 14.0 Å². The first-order valence-electron chi connectivity index (χ1n) is 5.67. The summed E-state index contributed by atoms with van der Waals surface area (Å²) in [4.78, 5) is 23.7. The van der Waals surface area contributed by atoms with Gasteiger partial charge in [-0.2, -0.15) is 0 Å². The SMILES string of the molecule is CC(=O)NC(=O)N(C)c1ccc(F)c(C(C)C)c1. The van der Waals surface area contributed by atoms with Gasteiger partial charge in [0.15, 0.2) is 0 Å². The summed E-state index contributed by atoms with van der Waals surface area (Å²) in [6.07, 6.45) is 0. The van der Waals surface area contributed by atoms with Crippen molar-refractivity contribution < 1.29 is 14.0 Å². The van der Waals surface area contributed by atoms with Crippen molar-refractivity contribution in [3.63, 3.8) is 0 Å². The van der Waals surface area contributed by atoms with Gasteiger partial charge in [0.25, 0.3) is 0 Å². The minimum Gasteiger partial charge on any atom is -0.297 e. The van der Waals surface area contributed by atoms with Crippen LogP contribution < -0.4 is 10.2 Å². The van der Waals surface area contributed by atoms with E-state index >= 15 is 0 Å². The van der Waals surface area contributed by atoms with Gasteiger partial charge in [0.05, 0.1) is 0 Å². The van der Waals surface area contributed by atoms with Gasteiger partial charge in [0.2, 0.25) is 5.91 Å². The van der Waals surface area contributed by atoms with Crippen LogP contribution >= 0.6 is 0 Å². The lowest BCUT2D eigenvalue weighted by atomic mass is 10.0. The van der Waals surface area contributed by atoms with E-state index in [0.717, 1.165) is 0 Å². The molecule has 1 aromatic rings. The normalized spacial score (nSPS) is 10.3. The van der Waals surface area contributed by atoms with Gasteiger partial charge in [-0.1, -0.05) is 13.8 Å². The number of anilines is 1. The Balaban J connectivity index is 2.99. The molecule has 4 nitrogen and oxygen atoms in total. The van der Waals surface area contributed by atoms with Gasteiger partial charge in [0, 0.05) is 19.7 Å². The van der Waals surface area contributed by atoms with E-state index in [-0.39, 0.29) is 11.7 Å². The maximum atomic E-state index is 13.5. The first kappa shape index (κ1) is 14.2. The molecule has 0 unspecified atom stereocenters. The monoisotopic (exact) mass is 252 g/mol. The number of hydrogen-bond acceptors (Lipinski definition) is 2. The van der Waals surface area contributed by atoms with Crippen LogP contribution in [0, 0.1) is 5.82 Å². The lowest BCUT2D eigenvalue weighted by molar-refractivity contribution is -0.117. The molecular formula is C13H17FN2O2. The molecule has 98 valence electrons. The summed E-state index contributed by atoms with van der Waals surface area (Å²) in [5.41, 5.74) is 1.08. The summed E-state index contributed by atoms with van der Waals surface area (Å²) in [6, 6.07) is 3.90. The Hall–Kier alpha value is -1.91. The third kappa shape index (κ3) is 3.29. The summed E-state index contributed by atoms with van der Waals surface area (Å²) < 4.78 is 13.5. The van der Waals surface area contributed by atoms with Crippen LogP contribution in [0.2, 0.25) is 0 Å². The highest BCUT2D eigenvalue weighted by atomic mass is 19.1. The molecule has 1 aromatic carbocycles. The molecule has 0 bridgehead atoms. The van der Waals surface area contributed by atoms with E-state index in [1.165, 1.54) is 31.0 Å². The van der Waals surface area contributed by atoms with Crippen molar-refractivity contribution in [2.45, 2.75) is 26.7 Å². The van der Waals surface area contributed by atoms with Crippen LogP contribution in [0.3, 0.4) is 0 Å². The van der Waals surface area contributed by atoms with Gasteiger partial charge in [0.1, 0.15) is 5.82 Å². The Bertz CT molecular complexity index is 472. The van der Waals surface area contributed by atoms with Crippen molar-refractivity contribution >= 4 is 17.6 Å². The number of hydrogen-bond donors (Lipinski definition) is 1. The van der Waals surface area contributed by atoms with E-state index in [4.69, 9.17) is 0 Å². The number of amides is 3. The summed E-state index contributed by atoms with van der Waals surface area (Å²) >= 11 is 0. The molecular weight excluding hydrogens is 235 g/mol. The van der Waals surface area contributed by atoms with Gasteiger partial charge in [-0.15, -0.1) is 0 Å². The van der Waals surface area contributed by atoms with Gasteiger partial charge in [-0.3, -0.25) is 15.0 Å². The van der Waals surface area contributed by atoms with Crippen molar-refractivity contribution in [1.82, 2.24) is 5.32 Å². The van der Waals surface area contributed by atoms with Crippen molar-refractivity contribution in [3.8, 4) is 0 Å². The van der Waals surface area contributed by atoms with E-state index in [1.54, 1.807) is 6.07 Å². The van der Waals surface area contributed by atoms with Gasteiger partial charge in [-0.25, -0.2) is 9.18 Å². The Morgan fingerprint density at radius 1 is 1.33 bits per heavy atom. The molecule has 1 rings (SSSR count). The lowest BCUT2D eigenvalue weighted by Crippen LogP contribution is -2.39. The maximum Gasteiger partial charge on any atom is 0.328 e. The fourth-order valence-corrected chi connectivity index (χ4v) is 1.53. The summed E-state index contributed by atoms with van der Waals surface area (Å²) in [7, 11) is 1.52. The lowest BCUT2D eigenvalue weighted by Gasteiger charge is -2.19. The number of imide groups is 1. The zero-order chi connectivity index (χ0) is 13.9. The van der Waals surface area contributed by atoms with Gasteiger partial charge in [-0.05, 0) is 29.7 Å². The number of urea groups is 1. The van der Waals surface area contributed by atoms with Crippen LogP contribution in [0.5, 0.6) is 0 Å². The molecule has 0 saturated carbocycles. The average Bonchev–Trinajstić information content (AvgIpc) is 2.27. The molecule has 0 atom stereocenters. The largest absolute Gasteiger partial charge is 0.328 e. The van der Waals surface area contributed by atoms with Crippen molar-refractivity contribution in [2.24, 2.45) is 0 Å². The molecule has 0 spiro atoms. The van der Waals surface area contributed by atoms with Crippen molar-refractivity contribution in [2.75, 3.05) is 11.9 Å². The van der Waals surface area contributed by atoms with Crippen molar-refractivity contribution in [1.29, 1.82) is 0 Å². The molecule has 0 fully saturated rings. The zero-order valence-corrected chi connectivity index (χ0v) is 11.0. The fraction of sp³-hybridized carbons (Fsp3) is 0.385. The molecule has 0 radical (unpaired) electrons. The molecule has 0 aliphatic heterocycles. The highest BCUT2D eigenvalue weighted by Crippen LogP contribution is 2.24.